The molecule has 1 unspecified atom stereocenters. The van der Waals surface area contributed by atoms with Crippen molar-refractivity contribution < 1.29 is 15.0 Å². The van der Waals surface area contributed by atoms with Gasteiger partial charge in [0.05, 0.1) is 5.41 Å². The van der Waals surface area contributed by atoms with Gasteiger partial charge < -0.3 is 15.1 Å². The van der Waals surface area contributed by atoms with Crippen LogP contribution in [-0.4, -0.2) is 28.3 Å². The summed E-state index contributed by atoms with van der Waals surface area (Å²) in [6.45, 7) is 7.77. The normalized spacial score (nSPS) is 18.4. The highest BCUT2D eigenvalue weighted by atomic mass is 16.4. The lowest BCUT2D eigenvalue weighted by atomic mass is 9.84. The summed E-state index contributed by atoms with van der Waals surface area (Å²) in [6.07, 6.45) is 1.38. The van der Waals surface area contributed by atoms with Gasteiger partial charge in [-0.25, -0.2) is 0 Å². The van der Waals surface area contributed by atoms with Crippen molar-refractivity contribution in [1.82, 2.24) is 0 Å². The predicted molar refractivity (Wildman–Crippen MR) is 79.2 cm³/mol. The molecule has 110 valence electrons. The zero-order valence-electron chi connectivity index (χ0n) is 12.6. The molecule has 1 atom stereocenters. The summed E-state index contributed by atoms with van der Waals surface area (Å²) in [4.78, 5) is 13.6. The molecule has 0 spiro atoms. The maximum absolute atomic E-state index is 11.4. The molecule has 0 saturated carbocycles. The summed E-state index contributed by atoms with van der Waals surface area (Å²) in [7, 11) is 0. The second kappa shape index (κ2) is 5.00. The third kappa shape index (κ3) is 2.60. The SMILES string of the molecule is CC(C)N1c2ccc(O)cc2CC1CC(C)(C)C(=O)O. The van der Waals surface area contributed by atoms with Crippen LogP contribution in [0.1, 0.15) is 39.7 Å². The van der Waals surface area contributed by atoms with Crippen LogP contribution in [0, 0.1) is 5.41 Å². The molecular weight excluding hydrogens is 254 g/mol. The predicted octanol–water partition coefficient (Wildman–Crippen LogP) is 3.03. The number of hydrogen-bond acceptors (Lipinski definition) is 3. The van der Waals surface area contributed by atoms with Gasteiger partial charge in [-0.15, -0.1) is 0 Å². The minimum absolute atomic E-state index is 0.165. The number of aromatic hydroxyl groups is 1. The van der Waals surface area contributed by atoms with Crippen molar-refractivity contribution in [2.24, 2.45) is 5.41 Å². The van der Waals surface area contributed by atoms with Gasteiger partial charge in [0, 0.05) is 17.8 Å². The molecule has 0 aromatic heterocycles. The van der Waals surface area contributed by atoms with Gasteiger partial charge in [-0.2, -0.15) is 0 Å². The van der Waals surface area contributed by atoms with E-state index in [9.17, 15) is 15.0 Å². The lowest BCUT2D eigenvalue weighted by Gasteiger charge is -2.35. The van der Waals surface area contributed by atoms with Crippen molar-refractivity contribution in [2.75, 3.05) is 4.90 Å². The second-order valence-corrected chi connectivity index (χ2v) is 6.57. The first-order chi connectivity index (χ1) is 9.22. The zero-order valence-corrected chi connectivity index (χ0v) is 12.6. The molecule has 0 amide bonds. The van der Waals surface area contributed by atoms with Gasteiger partial charge >= 0.3 is 5.97 Å². The van der Waals surface area contributed by atoms with Crippen LogP contribution >= 0.6 is 0 Å². The molecular formula is C16H23NO3. The van der Waals surface area contributed by atoms with Crippen LogP contribution in [0.5, 0.6) is 5.75 Å². The molecule has 0 fully saturated rings. The summed E-state index contributed by atoms with van der Waals surface area (Å²) in [5, 5.41) is 18.9. The Morgan fingerprint density at radius 3 is 2.65 bits per heavy atom. The van der Waals surface area contributed by atoms with Crippen LogP contribution in [-0.2, 0) is 11.2 Å². The van der Waals surface area contributed by atoms with Crippen LogP contribution in [0.4, 0.5) is 5.69 Å². The van der Waals surface area contributed by atoms with Crippen LogP contribution < -0.4 is 4.90 Å². The van der Waals surface area contributed by atoms with Crippen molar-refractivity contribution in [1.29, 1.82) is 0 Å². The number of rotatable bonds is 4. The van der Waals surface area contributed by atoms with Gasteiger partial charge in [0.25, 0.3) is 0 Å². The van der Waals surface area contributed by atoms with Crippen LogP contribution in [0.2, 0.25) is 0 Å². The Labute approximate surface area is 120 Å². The Hall–Kier alpha value is -1.71. The minimum atomic E-state index is -0.764. The molecule has 4 heteroatoms. The zero-order chi connectivity index (χ0) is 15.1. The third-order valence-corrected chi connectivity index (χ3v) is 4.07. The van der Waals surface area contributed by atoms with Crippen molar-refractivity contribution in [3.8, 4) is 5.75 Å². The first-order valence-electron chi connectivity index (χ1n) is 7.06. The minimum Gasteiger partial charge on any atom is -0.508 e. The number of phenols is 1. The third-order valence-electron chi connectivity index (χ3n) is 4.07. The van der Waals surface area contributed by atoms with Crippen molar-refractivity contribution in [3.05, 3.63) is 23.8 Å². The molecule has 1 heterocycles. The van der Waals surface area contributed by atoms with Crippen LogP contribution in [0.15, 0.2) is 18.2 Å². The standard InChI is InChI=1S/C16H23NO3/c1-10(2)17-12(9-16(3,4)15(19)20)7-11-8-13(18)5-6-14(11)17/h5-6,8,10,12,18H,7,9H2,1-4H3,(H,19,20). The Kier molecular flexibility index (Phi) is 3.67. The fourth-order valence-electron chi connectivity index (χ4n) is 3.08. The number of carboxylic acid groups (broad SMARTS) is 1. The number of nitrogens with zero attached hydrogens (tertiary/aromatic N) is 1. The van der Waals surface area contributed by atoms with E-state index in [2.05, 4.69) is 18.7 Å². The van der Waals surface area contributed by atoms with E-state index in [4.69, 9.17) is 0 Å². The summed E-state index contributed by atoms with van der Waals surface area (Å²) in [6, 6.07) is 5.88. The smallest absolute Gasteiger partial charge is 0.309 e. The maximum Gasteiger partial charge on any atom is 0.309 e. The fourth-order valence-corrected chi connectivity index (χ4v) is 3.08. The van der Waals surface area contributed by atoms with Gasteiger partial charge in [0.15, 0.2) is 0 Å². The van der Waals surface area contributed by atoms with E-state index < -0.39 is 11.4 Å². The Morgan fingerprint density at radius 1 is 1.45 bits per heavy atom. The molecule has 2 rings (SSSR count). The molecule has 1 aromatic carbocycles. The van der Waals surface area contributed by atoms with E-state index in [1.54, 1.807) is 26.0 Å². The molecule has 0 bridgehead atoms. The van der Waals surface area contributed by atoms with Gasteiger partial charge in [0.2, 0.25) is 0 Å². The van der Waals surface area contributed by atoms with E-state index in [0.717, 1.165) is 17.7 Å². The van der Waals surface area contributed by atoms with Gasteiger partial charge in [-0.05, 0) is 64.3 Å². The van der Waals surface area contributed by atoms with Crippen molar-refractivity contribution in [2.45, 2.75) is 52.6 Å². The number of fused-ring (bicyclic) bond motifs is 1. The van der Waals surface area contributed by atoms with Gasteiger partial charge in [-0.1, -0.05) is 0 Å². The van der Waals surface area contributed by atoms with Crippen LogP contribution in [0.3, 0.4) is 0 Å². The number of carbonyl (C=O) groups is 1. The average molecular weight is 277 g/mol. The molecule has 1 aromatic rings. The van der Waals surface area contributed by atoms with E-state index in [1.165, 1.54) is 0 Å². The largest absolute Gasteiger partial charge is 0.508 e. The molecule has 4 nitrogen and oxygen atoms in total. The van der Waals surface area contributed by atoms with Gasteiger partial charge in [0.1, 0.15) is 5.75 Å². The quantitative estimate of drug-likeness (QED) is 0.888. The highest BCUT2D eigenvalue weighted by Crippen LogP contribution is 2.40. The Morgan fingerprint density at radius 2 is 2.10 bits per heavy atom. The molecule has 1 aliphatic heterocycles. The molecule has 20 heavy (non-hydrogen) atoms. The average Bonchev–Trinajstić information content (AvgIpc) is 2.64. The number of aliphatic carboxylic acids is 1. The summed E-state index contributed by atoms with van der Waals surface area (Å²) < 4.78 is 0. The summed E-state index contributed by atoms with van der Waals surface area (Å²) in [5.41, 5.74) is 1.47. The van der Waals surface area contributed by atoms with E-state index in [0.29, 0.717) is 12.5 Å². The first kappa shape index (κ1) is 14.7. The van der Waals surface area contributed by atoms with E-state index >= 15 is 0 Å². The summed E-state index contributed by atoms with van der Waals surface area (Å²) in [5.74, 6) is -0.495. The van der Waals surface area contributed by atoms with Gasteiger partial charge in [-0.3, -0.25) is 4.79 Å². The number of benzene rings is 1. The first-order valence-corrected chi connectivity index (χ1v) is 7.06. The molecule has 0 aliphatic carbocycles. The molecule has 0 radical (unpaired) electrons. The number of phenolic OH excluding ortho intramolecular Hbond substituents is 1. The van der Waals surface area contributed by atoms with Crippen molar-refractivity contribution in [3.63, 3.8) is 0 Å². The number of hydrogen-bond donors (Lipinski definition) is 2. The van der Waals surface area contributed by atoms with E-state index in [1.807, 2.05) is 6.07 Å². The Balaban J connectivity index is 2.30. The maximum atomic E-state index is 11.4. The highest BCUT2D eigenvalue weighted by molar-refractivity contribution is 5.74. The summed E-state index contributed by atoms with van der Waals surface area (Å²) >= 11 is 0. The molecule has 1 aliphatic rings. The van der Waals surface area contributed by atoms with Crippen molar-refractivity contribution >= 4 is 11.7 Å². The topological polar surface area (TPSA) is 60.8 Å². The highest BCUT2D eigenvalue weighted by Gasteiger charge is 2.38. The Bertz CT molecular complexity index is 522. The second-order valence-electron chi connectivity index (χ2n) is 6.57. The lowest BCUT2D eigenvalue weighted by molar-refractivity contribution is -0.147. The molecule has 0 saturated heterocycles. The van der Waals surface area contributed by atoms with E-state index in [-0.39, 0.29) is 11.8 Å². The fraction of sp³-hybridized carbons (Fsp3) is 0.562. The monoisotopic (exact) mass is 277 g/mol. The number of anilines is 1. The number of carboxylic acids is 1. The van der Waals surface area contributed by atoms with Crippen LogP contribution in [0.25, 0.3) is 0 Å². The lowest BCUT2D eigenvalue weighted by Crippen LogP contribution is -2.42. The molecule has 2 N–H and O–H groups in total.